The number of benzene rings is 1. The van der Waals surface area contributed by atoms with Gasteiger partial charge < -0.3 is 9.30 Å². The summed E-state index contributed by atoms with van der Waals surface area (Å²) in [6.07, 6.45) is 1.19. The van der Waals surface area contributed by atoms with Crippen LogP contribution in [0.3, 0.4) is 0 Å². The van der Waals surface area contributed by atoms with Crippen LogP contribution in [0.1, 0.15) is 10.5 Å². The second kappa shape index (κ2) is 7.97. The number of ether oxygens (including phenoxy) is 1. The molecule has 2 N–H and O–H groups in total. The van der Waals surface area contributed by atoms with E-state index in [0.717, 1.165) is 30.7 Å². The molecule has 1 fully saturated rings. The van der Waals surface area contributed by atoms with Crippen LogP contribution in [0.5, 0.6) is 0 Å². The third kappa shape index (κ3) is 3.82. The molecule has 0 spiro atoms. The highest BCUT2D eigenvalue weighted by Crippen LogP contribution is 2.21. The molecule has 29 heavy (non-hydrogen) atoms. The number of hydrogen-bond acceptors (Lipinski definition) is 6. The molecular formula is C18H22N7O4+. The highest BCUT2D eigenvalue weighted by Gasteiger charge is 2.34. The number of anilines is 1. The predicted octanol–water partition coefficient (Wildman–Crippen LogP) is 0.682. The Kier molecular flexibility index (Phi) is 5.23. The zero-order chi connectivity index (χ0) is 20.4. The number of nitrogens with zero attached hydrogens (tertiary/aromatic N) is 5. The summed E-state index contributed by atoms with van der Waals surface area (Å²) in [6.45, 7) is 4.55. The van der Waals surface area contributed by atoms with Crippen molar-refractivity contribution in [2.45, 2.75) is 6.54 Å². The Bertz CT molecular complexity index is 1050. The van der Waals surface area contributed by atoms with Gasteiger partial charge in [0.05, 0.1) is 29.2 Å². The number of imidazole rings is 1. The van der Waals surface area contributed by atoms with Gasteiger partial charge in [0.1, 0.15) is 6.20 Å². The molecule has 1 aliphatic heterocycles. The third-order valence-corrected chi connectivity index (χ3v) is 5.01. The maximum absolute atomic E-state index is 12.8. The average Bonchev–Trinajstić information content (AvgIpc) is 3.27. The minimum atomic E-state index is -0.594. The van der Waals surface area contributed by atoms with E-state index in [9.17, 15) is 14.9 Å². The Hall–Kier alpha value is -3.31. The van der Waals surface area contributed by atoms with E-state index in [0.29, 0.717) is 25.7 Å². The standard InChI is InChI=1S/C18H21N7O4/c1-22-16(15(12-19-22)25(27)28)17(26)21-18-20-13-4-2-3-5-14(13)24(18)7-6-23-8-10-29-11-9-23/h2-5,12H,6-11H2,1H3,(H,20,21,26)/p+1. The molecule has 1 amide bonds. The number of hydrogen-bond donors (Lipinski definition) is 2. The number of fused-ring (bicyclic) bond motifs is 1. The van der Waals surface area contributed by atoms with Gasteiger partial charge in [0.25, 0.3) is 0 Å². The van der Waals surface area contributed by atoms with Gasteiger partial charge in [-0.2, -0.15) is 5.10 Å². The molecule has 0 bridgehead atoms. The molecule has 3 aromatic rings. The number of nitro groups is 1. The van der Waals surface area contributed by atoms with Crippen LogP contribution >= 0.6 is 0 Å². The normalized spacial score (nSPS) is 14.9. The summed E-state index contributed by atoms with van der Waals surface area (Å²) in [5, 5.41) is 16.6. The van der Waals surface area contributed by atoms with Crippen molar-refractivity contribution in [2.24, 2.45) is 7.05 Å². The van der Waals surface area contributed by atoms with E-state index < -0.39 is 10.8 Å². The number of aromatic amines is 1. The van der Waals surface area contributed by atoms with Crippen LogP contribution in [0, 0.1) is 10.1 Å². The monoisotopic (exact) mass is 400 g/mol. The topological polar surface area (TPSA) is 122 Å². The Labute approximate surface area is 166 Å². The third-order valence-electron chi connectivity index (χ3n) is 5.01. The van der Waals surface area contributed by atoms with Crippen LogP contribution in [-0.2, 0) is 18.3 Å². The summed E-state index contributed by atoms with van der Waals surface area (Å²) >= 11 is 0. The van der Waals surface area contributed by atoms with Gasteiger partial charge in [-0.25, -0.2) is 4.98 Å². The van der Waals surface area contributed by atoms with Crippen molar-refractivity contribution in [1.82, 2.24) is 19.5 Å². The molecule has 152 valence electrons. The van der Waals surface area contributed by atoms with Crippen LogP contribution < -0.4 is 10.00 Å². The van der Waals surface area contributed by atoms with Crippen molar-refractivity contribution in [3.05, 3.63) is 46.3 Å². The van der Waals surface area contributed by atoms with Crippen molar-refractivity contribution in [2.75, 3.05) is 38.2 Å². The van der Waals surface area contributed by atoms with Crippen molar-refractivity contribution in [3.63, 3.8) is 0 Å². The van der Waals surface area contributed by atoms with Crippen molar-refractivity contribution < 1.29 is 19.1 Å². The largest absolute Gasteiger partial charge is 0.379 e. The lowest BCUT2D eigenvalue weighted by atomic mass is 10.3. The van der Waals surface area contributed by atoms with E-state index in [2.05, 4.69) is 20.3 Å². The van der Waals surface area contributed by atoms with Gasteiger partial charge >= 0.3 is 17.3 Å². The first-order valence-corrected chi connectivity index (χ1v) is 9.33. The van der Waals surface area contributed by atoms with Gasteiger partial charge in [0, 0.05) is 26.2 Å². The second-order valence-corrected chi connectivity index (χ2v) is 6.81. The van der Waals surface area contributed by atoms with Crippen LogP contribution in [0.2, 0.25) is 0 Å². The number of carbonyl (C=O) groups is 1. The van der Waals surface area contributed by atoms with E-state index in [1.54, 1.807) is 7.05 Å². The Morgan fingerprint density at radius 3 is 2.86 bits per heavy atom. The number of para-hydroxylation sites is 2. The molecule has 3 heterocycles. The Morgan fingerprint density at radius 2 is 2.10 bits per heavy atom. The molecule has 4 rings (SSSR count). The number of carbonyl (C=O) groups excluding carboxylic acids is 1. The van der Waals surface area contributed by atoms with Gasteiger partial charge in [-0.15, -0.1) is 4.68 Å². The summed E-state index contributed by atoms with van der Waals surface area (Å²) in [4.78, 5) is 30.3. The van der Waals surface area contributed by atoms with E-state index in [1.165, 1.54) is 10.9 Å². The zero-order valence-electron chi connectivity index (χ0n) is 16.0. The fourth-order valence-electron chi connectivity index (χ4n) is 3.49. The lowest BCUT2D eigenvalue weighted by molar-refractivity contribution is -0.729. The lowest BCUT2D eigenvalue weighted by Crippen LogP contribution is -2.39. The molecule has 1 aromatic carbocycles. The van der Waals surface area contributed by atoms with Gasteiger partial charge in [-0.1, -0.05) is 12.1 Å². The molecule has 0 radical (unpaired) electrons. The molecular weight excluding hydrogens is 378 g/mol. The molecule has 1 aliphatic rings. The van der Waals surface area contributed by atoms with Crippen LogP contribution in [-0.4, -0.2) is 63.2 Å². The van der Waals surface area contributed by atoms with E-state index in [1.807, 2.05) is 28.8 Å². The predicted molar refractivity (Wildman–Crippen MR) is 104 cm³/mol. The summed E-state index contributed by atoms with van der Waals surface area (Å²) in [5.41, 5.74) is 1.28. The van der Waals surface area contributed by atoms with E-state index in [4.69, 9.17) is 4.74 Å². The summed E-state index contributed by atoms with van der Waals surface area (Å²) < 4.78 is 8.63. The van der Waals surface area contributed by atoms with Gasteiger partial charge in [0.2, 0.25) is 5.95 Å². The summed E-state index contributed by atoms with van der Waals surface area (Å²) in [7, 11) is 1.54. The van der Waals surface area contributed by atoms with E-state index in [-0.39, 0.29) is 11.4 Å². The Morgan fingerprint density at radius 1 is 1.34 bits per heavy atom. The Balaban J connectivity index is 1.62. The minimum Gasteiger partial charge on any atom is -0.379 e. The van der Waals surface area contributed by atoms with Gasteiger partial charge in [0.15, 0.2) is 7.05 Å². The molecule has 1 saturated heterocycles. The van der Waals surface area contributed by atoms with Gasteiger partial charge in [-0.3, -0.25) is 25.1 Å². The molecule has 11 heteroatoms. The van der Waals surface area contributed by atoms with Crippen LogP contribution in [0.25, 0.3) is 11.0 Å². The quantitative estimate of drug-likeness (QED) is 0.356. The first-order valence-electron chi connectivity index (χ1n) is 9.33. The first-order chi connectivity index (χ1) is 14.0. The number of H-pyrrole nitrogens is 1. The van der Waals surface area contributed by atoms with Crippen molar-refractivity contribution in [1.29, 1.82) is 0 Å². The van der Waals surface area contributed by atoms with Crippen molar-refractivity contribution in [3.8, 4) is 0 Å². The molecule has 11 nitrogen and oxygen atoms in total. The highest BCUT2D eigenvalue weighted by molar-refractivity contribution is 6.04. The van der Waals surface area contributed by atoms with Crippen LogP contribution in [0.4, 0.5) is 11.6 Å². The highest BCUT2D eigenvalue weighted by atomic mass is 16.6. The maximum atomic E-state index is 12.8. The second-order valence-electron chi connectivity index (χ2n) is 6.81. The lowest BCUT2D eigenvalue weighted by Gasteiger charge is -2.26. The number of amides is 1. The molecule has 0 unspecified atom stereocenters. The summed E-state index contributed by atoms with van der Waals surface area (Å²) in [6, 6.07) is 7.60. The van der Waals surface area contributed by atoms with Crippen LogP contribution in [0.15, 0.2) is 30.5 Å². The molecule has 0 atom stereocenters. The summed E-state index contributed by atoms with van der Waals surface area (Å²) in [5.74, 6) is -0.233. The number of nitrogens with one attached hydrogen (secondary N) is 2. The number of aryl methyl sites for hydroxylation is 1. The minimum absolute atomic E-state index is 0.0678. The van der Waals surface area contributed by atoms with E-state index >= 15 is 0 Å². The average molecular weight is 400 g/mol. The fourth-order valence-corrected chi connectivity index (χ4v) is 3.49. The molecule has 0 saturated carbocycles. The SMILES string of the molecule is C[n+]1[nH]cc([N+](=O)[O-])c1C(=O)Nc1nc2ccccc2n1CCN1CCOCC1. The number of rotatable bonds is 6. The first kappa shape index (κ1) is 19.0. The maximum Gasteiger partial charge on any atom is 0.373 e. The fraction of sp³-hybridized carbons (Fsp3) is 0.389. The number of morpholine rings is 1. The van der Waals surface area contributed by atoms with Gasteiger partial charge in [-0.05, 0) is 12.1 Å². The smallest absolute Gasteiger partial charge is 0.373 e. The zero-order valence-corrected chi connectivity index (χ0v) is 16.0. The molecule has 2 aromatic heterocycles. The molecule has 0 aliphatic carbocycles. The van der Waals surface area contributed by atoms with Crippen molar-refractivity contribution >= 4 is 28.6 Å². The number of aromatic nitrogens is 4.